The Morgan fingerprint density at radius 2 is 2.00 bits per heavy atom. The first kappa shape index (κ1) is 18.4. The summed E-state index contributed by atoms with van der Waals surface area (Å²) in [5, 5.41) is 6.81. The molecule has 0 saturated carbocycles. The Labute approximate surface area is 145 Å². The molecule has 2 aromatic rings. The third-order valence-corrected chi connectivity index (χ3v) is 5.40. The summed E-state index contributed by atoms with van der Waals surface area (Å²) in [7, 11) is -3.49. The highest BCUT2D eigenvalue weighted by Crippen LogP contribution is 2.16. The van der Waals surface area contributed by atoms with Crippen LogP contribution in [0.3, 0.4) is 0 Å². The van der Waals surface area contributed by atoms with Gasteiger partial charge in [0.05, 0.1) is 10.6 Å². The maximum Gasteiger partial charge on any atom is 0.315 e. The van der Waals surface area contributed by atoms with Crippen molar-refractivity contribution in [2.45, 2.75) is 37.6 Å². The first-order valence-electron chi connectivity index (χ1n) is 7.43. The number of sulfone groups is 1. The Morgan fingerprint density at radius 1 is 1.33 bits per heavy atom. The number of aryl methyl sites for hydroxylation is 1. The zero-order valence-corrected chi connectivity index (χ0v) is 14.9. The molecule has 0 bridgehead atoms. The number of nitrogens with one attached hydrogen (secondary N) is 1. The summed E-state index contributed by atoms with van der Waals surface area (Å²) in [5.41, 5.74) is 0. The van der Waals surface area contributed by atoms with Gasteiger partial charge in [0.1, 0.15) is 0 Å². The molecule has 1 atom stereocenters. The second-order valence-electron chi connectivity index (χ2n) is 5.32. The first-order valence-corrected chi connectivity index (χ1v) is 9.46. The van der Waals surface area contributed by atoms with Crippen molar-refractivity contribution in [3.63, 3.8) is 0 Å². The highest BCUT2D eigenvalue weighted by molar-refractivity contribution is 7.91. The van der Waals surface area contributed by atoms with Crippen LogP contribution in [0, 0.1) is 0 Å². The van der Waals surface area contributed by atoms with Gasteiger partial charge in [-0.05, 0) is 37.6 Å². The van der Waals surface area contributed by atoms with E-state index in [1.165, 1.54) is 24.3 Å². The van der Waals surface area contributed by atoms with Gasteiger partial charge in [-0.2, -0.15) is 4.98 Å². The molecule has 0 aliphatic rings. The van der Waals surface area contributed by atoms with E-state index in [0.717, 1.165) is 6.42 Å². The van der Waals surface area contributed by atoms with Gasteiger partial charge in [0, 0.05) is 17.5 Å². The van der Waals surface area contributed by atoms with E-state index < -0.39 is 15.7 Å². The fourth-order valence-electron chi connectivity index (χ4n) is 1.82. The molecule has 0 saturated heterocycles. The lowest BCUT2D eigenvalue weighted by Crippen LogP contribution is -2.32. The van der Waals surface area contributed by atoms with E-state index in [4.69, 9.17) is 16.1 Å². The standard InChI is InChI=1S/C15H18ClN3O4S/c1-3-10(2)17-14(20)15-18-13(19-23-15)8-9-24(21,22)12-6-4-11(16)5-7-12/h4-7,10H,3,8-9H2,1-2H3,(H,17,20). The minimum atomic E-state index is -3.49. The zero-order valence-electron chi connectivity index (χ0n) is 13.3. The number of rotatable bonds is 7. The third kappa shape index (κ3) is 4.78. The minimum absolute atomic E-state index is 0.0156. The molecule has 1 N–H and O–H groups in total. The van der Waals surface area contributed by atoms with Crippen LogP contribution in [0.4, 0.5) is 0 Å². The summed E-state index contributed by atoms with van der Waals surface area (Å²) in [6.45, 7) is 3.79. The lowest BCUT2D eigenvalue weighted by Gasteiger charge is -2.07. The van der Waals surface area contributed by atoms with Crippen molar-refractivity contribution in [2.75, 3.05) is 5.75 Å². The Kier molecular flexibility index (Phi) is 5.95. The van der Waals surface area contributed by atoms with Crippen LogP contribution >= 0.6 is 11.6 Å². The quantitative estimate of drug-likeness (QED) is 0.800. The van der Waals surface area contributed by atoms with Gasteiger partial charge >= 0.3 is 11.8 Å². The number of hydrogen-bond donors (Lipinski definition) is 1. The zero-order chi connectivity index (χ0) is 17.7. The van der Waals surface area contributed by atoms with E-state index in [2.05, 4.69) is 15.5 Å². The molecule has 2 rings (SSSR count). The van der Waals surface area contributed by atoms with E-state index in [-0.39, 0.29) is 34.8 Å². The second kappa shape index (κ2) is 7.76. The van der Waals surface area contributed by atoms with Gasteiger partial charge in [-0.25, -0.2) is 8.42 Å². The van der Waals surface area contributed by atoms with Gasteiger partial charge < -0.3 is 9.84 Å². The summed E-state index contributed by atoms with van der Waals surface area (Å²) >= 11 is 5.75. The van der Waals surface area contributed by atoms with Crippen LogP contribution < -0.4 is 5.32 Å². The van der Waals surface area contributed by atoms with Crippen molar-refractivity contribution >= 4 is 27.3 Å². The lowest BCUT2D eigenvalue weighted by atomic mass is 10.2. The van der Waals surface area contributed by atoms with Crippen molar-refractivity contribution in [1.29, 1.82) is 0 Å². The lowest BCUT2D eigenvalue weighted by molar-refractivity contribution is 0.0895. The van der Waals surface area contributed by atoms with E-state index in [1.807, 2.05) is 13.8 Å². The average Bonchev–Trinajstić information content (AvgIpc) is 3.02. The monoisotopic (exact) mass is 371 g/mol. The summed E-state index contributed by atoms with van der Waals surface area (Å²) in [4.78, 5) is 15.9. The van der Waals surface area contributed by atoms with E-state index in [9.17, 15) is 13.2 Å². The summed E-state index contributed by atoms with van der Waals surface area (Å²) < 4.78 is 29.3. The summed E-state index contributed by atoms with van der Waals surface area (Å²) in [5.74, 6) is -0.666. The van der Waals surface area contributed by atoms with Crippen molar-refractivity contribution in [1.82, 2.24) is 15.5 Å². The Balaban J connectivity index is 2.00. The van der Waals surface area contributed by atoms with Crippen molar-refractivity contribution in [2.24, 2.45) is 0 Å². The fourth-order valence-corrected chi connectivity index (χ4v) is 3.18. The molecule has 9 heteroatoms. The Hall–Kier alpha value is -1.93. The number of nitrogens with zero attached hydrogens (tertiary/aromatic N) is 2. The molecule has 1 aromatic heterocycles. The van der Waals surface area contributed by atoms with Crippen LogP contribution in [0.2, 0.25) is 5.02 Å². The van der Waals surface area contributed by atoms with Crippen LogP contribution in [0.15, 0.2) is 33.7 Å². The molecule has 0 aliphatic carbocycles. The van der Waals surface area contributed by atoms with Gasteiger partial charge in [0.15, 0.2) is 15.7 Å². The van der Waals surface area contributed by atoms with Crippen LogP contribution in [-0.4, -0.2) is 36.3 Å². The smallest absolute Gasteiger partial charge is 0.315 e. The molecule has 1 heterocycles. The molecule has 0 radical (unpaired) electrons. The molecule has 0 aliphatic heterocycles. The van der Waals surface area contributed by atoms with Gasteiger partial charge in [-0.1, -0.05) is 23.7 Å². The number of benzene rings is 1. The molecule has 0 fully saturated rings. The maximum atomic E-state index is 12.2. The van der Waals surface area contributed by atoms with Crippen molar-refractivity contribution in [3.05, 3.63) is 41.0 Å². The molecule has 24 heavy (non-hydrogen) atoms. The summed E-state index contributed by atoms with van der Waals surface area (Å²) in [6, 6.07) is 5.90. The highest BCUT2D eigenvalue weighted by Gasteiger charge is 2.19. The topological polar surface area (TPSA) is 102 Å². The SMILES string of the molecule is CCC(C)NC(=O)c1nc(CCS(=O)(=O)c2ccc(Cl)cc2)no1. The average molecular weight is 372 g/mol. The molecular weight excluding hydrogens is 354 g/mol. The molecular formula is C15H18ClN3O4S. The van der Waals surface area contributed by atoms with Crippen LogP contribution in [0.5, 0.6) is 0 Å². The highest BCUT2D eigenvalue weighted by atomic mass is 35.5. The molecule has 1 unspecified atom stereocenters. The van der Waals surface area contributed by atoms with E-state index in [1.54, 1.807) is 0 Å². The Bertz CT molecular complexity index is 802. The number of hydrogen-bond acceptors (Lipinski definition) is 6. The third-order valence-electron chi connectivity index (χ3n) is 3.42. The predicted molar refractivity (Wildman–Crippen MR) is 88.7 cm³/mol. The first-order chi connectivity index (χ1) is 11.3. The van der Waals surface area contributed by atoms with Gasteiger partial charge in [-0.15, -0.1) is 0 Å². The summed E-state index contributed by atoms with van der Waals surface area (Å²) in [6.07, 6.45) is 0.817. The number of amides is 1. The van der Waals surface area contributed by atoms with Gasteiger partial charge in [-0.3, -0.25) is 4.79 Å². The largest absolute Gasteiger partial charge is 0.345 e. The van der Waals surface area contributed by atoms with Crippen molar-refractivity contribution < 1.29 is 17.7 Å². The van der Waals surface area contributed by atoms with E-state index in [0.29, 0.717) is 5.02 Å². The number of halogens is 1. The molecule has 1 aromatic carbocycles. The molecule has 130 valence electrons. The van der Waals surface area contributed by atoms with Gasteiger partial charge in [0.2, 0.25) is 0 Å². The van der Waals surface area contributed by atoms with Crippen molar-refractivity contribution in [3.8, 4) is 0 Å². The Morgan fingerprint density at radius 3 is 2.62 bits per heavy atom. The fraction of sp³-hybridized carbons (Fsp3) is 0.400. The van der Waals surface area contributed by atoms with E-state index >= 15 is 0 Å². The molecule has 0 spiro atoms. The second-order valence-corrected chi connectivity index (χ2v) is 7.87. The molecule has 7 nitrogen and oxygen atoms in total. The number of carbonyl (C=O) groups excluding carboxylic acids is 1. The van der Waals surface area contributed by atoms with Crippen LogP contribution in [-0.2, 0) is 16.3 Å². The predicted octanol–water partition coefficient (Wildman–Crippen LogP) is 2.27. The van der Waals surface area contributed by atoms with Gasteiger partial charge in [0.25, 0.3) is 0 Å². The van der Waals surface area contributed by atoms with Crippen LogP contribution in [0.25, 0.3) is 0 Å². The number of aromatic nitrogens is 2. The molecule has 1 amide bonds. The van der Waals surface area contributed by atoms with Crippen LogP contribution in [0.1, 0.15) is 36.8 Å². The maximum absolute atomic E-state index is 12.2. The minimum Gasteiger partial charge on any atom is -0.345 e. The normalized spacial score (nSPS) is 12.8. The number of carbonyl (C=O) groups is 1.